The predicted octanol–water partition coefficient (Wildman–Crippen LogP) is 2.00. The van der Waals surface area contributed by atoms with E-state index in [9.17, 15) is 0 Å². The van der Waals surface area contributed by atoms with Gasteiger partial charge in [0, 0.05) is 13.1 Å². The Hall–Kier alpha value is -1.03. The molecule has 1 aromatic rings. The lowest BCUT2D eigenvalue weighted by Crippen LogP contribution is -2.38. The van der Waals surface area contributed by atoms with E-state index in [-0.39, 0.29) is 0 Å². The summed E-state index contributed by atoms with van der Waals surface area (Å²) in [7, 11) is 0. The second-order valence-corrected chi connectivity index (χ2v) is 3.32. The van der Waals surface area contributed by atoms with Crippen LogP contribution in [-0.2, 0) is 6.54 Å². The molecular formula is C10H16N2OS. The summed E-state index contributed by atoms with van der Waals surface area (Å²) >= 11 is 5.22. The van der Waals surface area contributed by atoms with Crippen molar-refractivity contribution < 1.29 is 4.42 Å². The summed E-state index contributed by atoms with van der Waals surface area (Å²) in [5, 5.41) is 3.91. The van der Waals surface area contributed by atoms with Gasteiger partial charge in [-0.1, -0.05) is 0 Å². The lowest BCUT2D eigenvalue weighted by Gasteiger charge is -2.22. The van der Waals surface area contributed by atoms with Crippen molar-refractivity contribution in [2.75, 3.05) is 13.1 Å². The highest BCUT2D eigenvalue weighted by Crippen LogP contribution is 2.05. The molecule has 0 aromatic carbocycles. The van der Waals surface area contributed by atoms with Crippen molar-refractivity contribution in [2.24, 2.45) is 0 Å². The fourth-order valence-electron chi connectivity index (χ4n) is 1.18. The summed E-state index contributed by atoms with van der Waals surface area (Å²) in [5.41, 5.74) is 0. The first-order valence-electron chi connectivity index (χ1n) is 4.83. The molecule has 0 fully saturated rings. The third kappa shape index (κ3) is 3.03. The molecule has 0 unspecified atom stereocenters. The number of rotatable bonds is 4. The van der Waals surface area contributed by atoms with Crippen molar-refractivity contribution in [3.05, 3.63) is 24.2 Å². The first-order chi connectivity index (χ1) is 6.77. The van der Waals surface area contributed by atoms with Gasteiger partial charge in [-0.05, 0) is 38.2 Å². The van der Waals surface area contributed by atoms with Crippen LogP contribution >= 0.6 is 12.2 Å². The molecule has 0 saturated carbocycles. The van der Waals surface area contributed by atoms with Gasteiger partial charge in [-0.25, -0.2) is 0 Å². The fourth-order valence-corrected chi connectivity index (χ4v) is 1.52. The molecule has 0 aliphatic rings. The van der Waals surface area contributed by atoms with Gasteiger partial charge in [-0.3, -0.25) is 0 Å². The highest BCUT2D eigenvalue weighted by Gasteiger charge is 2.08. The average Bonchev–Trinajstić information content (AvgIpc) is 2.66. The molecule has 0 aliphatic carbocycles. The molecule has 4 heteroatoms. The molecule has 3 nitrogen and oxygen atoms in total. The van der Waals surface area contributed by atoms with Crippen LogP contribution in [-0.4, -0.2) is 23.1 Å². The Morgan fingerprint density at radius 2 is 2.36 bits per heavy atom. The van der Waals surface area contributed by atoms with Crippen molar-refractivity contribution >= 4 is 17.3 Å². The zero-order valence-corrected chi connectivity index (χ0v) is 9.43. The van der Waals surface area contributed by atoms with Crippen molar-refractivity contribution in [3.63, 3.8) is 0 Å². The van der Waals surface area contributed by atoms with E-state index in [4.69, 9.17) is 16.6 Å². The molecule has 0 spiro atoms. The van der Waals surface area contributed by atoms with E-state index in [2.05, 4.69) is 17.1 Å². The Morgan fingerprint density at radius 1 is 1.57 bits per heavy atom. The van der Waals surface area contributed by atoms with E-state index in [1.165, 1.54) is 0 Å². The van der Waals surface area contributed by atoms with Gasteiger partial charge in [0.05, 0.1) is 12.8 Å². The summed E-state index contributed by atoms with van der Waals surface area (Å²) in [4.78, 5) is 2.07. The quantitative estimate of drug-likeness (QED) is 0.773. The summed E-state index contributed by atoms with van der Waals surface area (Å²) < 4.78 is 5.27. The first kappa shape index (κ1) is 11.0. The maximum absolute atomic E-state index is 5.27. The summed E-state index contributed by atoms with van der Waals surface area (Å²) in [6.45, 7) is 6.58. The molecule has 0 amide bonds. The molecule has 78 valence electrons. The van der Waals surface area contributed by atoms with Gasteiger partial charge in [-0.2, -0.15) is 0 Å². The van der Waals surface area contributed by atoms with Gasteiger partial charge >= 0.3 is 0 Å². The van der Waals surface area contributed by atoms with Crippen molar-refractivity contribution in [3.8, 4) is 0 Å². The molecule has 1 heterocycles. The standard InChI is InChI=1S/C10H16N2OS/c1-3-11-10(14)12(4-2)8-9-6-5-7-13-9/h5-7H,3-4,8H2,1-2H3,(H,11,14). The van der Waals surface area contributed by atoms with Crippen LogP contribution in [0.5, 0.6) is 0 Å². The Morgan fingerprint density at radius 3 is 2.86 bits per heavy atom. The van der Waals surface area contributed by atoms with Crippen LogP contribution < -0.4 is 5.32 Å². The molecule has 0 aliphatic heterocycles. The molecule has 0 atom stereocenters. The lowest BCUT2D eigenvalue weighted by atomic mass is 10.4. The Labute approximate surface area is 90.1 Å². The van der Waals surface area contributed by atoms with E-state index in [0.29, 0.717) is 0 Å². The average molecular weight is 212 g/mol. The Kier molecular flexibility index (Phi) is 4.46. The van der Waals surface area contributed by atoms with Crippen LogP contribution in [0, 0.1) is 0 Å². The molecule has 0 saturated heterocycles. The van der Waals surface area contributed by atoms with Gasteiger partial charge < -0.3 is 14.6 Å². The van der Waals surface area contributed by atoms with Gasteiger partial charge in [0.1, 0.15) is 5.76 Å². The number of nitrogens with zero attached hydrogens (tertiary/aromatic N) is 1. The predicted molar refractivity (Wildman–Crippen MR) is 61.1 cm³/mol. The van der Waals surface area contributed by atoms with Gasteiger partial charge in [0.2, 0.25) is 0 Å². The largest absolute Gasteiger partial charge is 0.467 e. The molecule has 1 rings (SSSR count). The minimum Gasteiger partial charge on any atom is -0.467 e. The fraction of sp³-hybridized carbons (Fsp3) is 0.500. The monoisotopic (exact) mass is 212 g/mol. The van der Waals surface area contributed by atoms with Crippen molar-refractivity contribution in [1.82, 2.24) is 10.2 Å². The lowest BCUT2D eigenvalue weighted by molar-refractivity contribution is 0.371. The van der Waals surface area contributed by atoms with E-state index in [0.717, 1.165) is 30.5 Å². The smallest absolute Gasteiger partial charge is 0.169 e. The van der Waals surface area contributed by atoms with Crippen molar-refractivity contribution in [2.45, 2.75) is 20.4 Å². The number of hydrogen-bond acceptors (Lipinski definition) is 2. The van der Waals surface area contributed by atoms with Crippen LogP contribution in [0.15, 0.2) is 22.8 Å². The number of nitrogens with one attached hydrogen (secondary N) is 1. The third-order valence-corrected chi connectivity index (χ3v) is 2.33. The van der Waals surface area contributed by atoms with Crippen LogP contribution in [0.4, 0.5) is 0 Å². The second kappa shape index (κ2) is 5.65. The van der Waals surface area contributed by atoms with Gasteiger partial charge in [0.15, 0.2) is 5.11 Å². The van der Waals surface area contributed by atoms with Gasteiger partial charge in [0.25, 0.3) is 0 Å². The molecule has 1 N–H and O–H groups in total. The summed E-state index contributed by atoms with van der Waals surface area (Å²) in [6, 6.07) is 3.84. The number of furan rings is 1. The van der Waals surface area contributed by atoms with Crippen LogP contribution in [0.25, 0.3) is 0 Å². The van der Waals surface area contributed by atoms with Crippen LogP contribution in [0.3, 0.4) is 0 Å². The topological polar surface area (TPSA) is 28.4 Å². The zero-order valence-electron chi connectivity index (χ0n) is 8.62. The maximum Gasteiger partial charge on any atom is 0.169 e. The van der Waals surface area contributed by atoms with E-state index < -0.39 is 0 Å². The molecular weight excluding hydrogens is 196 g/mol. The SMILES string of the molecule is CCNC(=S)N(CC)Cc1ccco1. The molecule has 14 heavy (non-hydrogen) atoms. The molecule has 0 radical (unpaired) electrons. The zero-order chi connectivity index (χ0) is 10.4. The normalized spacial score (nSPS) is 9.86. The van der Waals surface area contributed by atoms with Gasteiger partial charge in [-0.15, -0.1) is 0 Å². The number of thiocarbonyl (C=S) groups is 1. The minimum absolute atomic E-state index is 0.731. The minimum atomic E-state index is 0.731. The Bertz CT molecular complexity index is 272. The second-order valence-electron chi connectivity index (χ2n) is 2.93. The van der Waals surface area contributed by atoms with Crippen LogP contribution in [0.1, 0.15) is 19.6 Å². The number of hydrogen-bond donors (Lipinski definition) is 1. The Balaban J connectivity index is 2.50. The van der Waals surface area contributed by atoms with E-state index in [1.807, 2.05) is 19.1 Å². The third-order valence-electron chi connectivity index (χ3n) is 1.92. The summed E-state index contributed by atoms with van der Waals surface area (Å²) in [6.07, 6.45) is 1.68. The highest BCUT2D eigenvalue weighted by molar-refractivity contribution is 7.80. The molecule has 1 aromatic heterocycles. The summed E-state index contributed by atoms with van der Waals surface area (Å²) in [5.74, 6) is 0.937. The first-order valence-corrected chi connectivity index (χ1v) is 5.23. The van der Waals surface area contributed by atoms with Crippen LogP contribution in [0.2, 0.25) is 0 Å². The van der Waals surface area contributed by atoms with Crippen molar-refractivity contribution in [1.29, 1.82) is 0 Å². The molecule has 0 bridgehead atoms. The van der Waals surface area contributed by atoms with E-state index in [1.54, 1.807) is 6.26 Å². The highest BCUT2D eigenvalue weighted by atomic mass is 32.1. The van der Waals surface area contributed by atoms with E-state index >= 15 is 0 Å². The maximum atomic E-state index is 5.27.